The van der Waals surface area contributed by atoms with Crippen LogP contribution in [0, 0.1) is 0 Å². The molecule has 0 aromatic carbocycles. The van der Waals surface area contributed by atoms with Gasteiger partial charge >= 0.3 is 0 Å². The van der Waals surface area contributed by atoms with Crippen molar-refractivity contribution in [3.63, 3.8) is 0 Å². The topological polar surface area (TPSA) is 38.9 Å². The van der Waals surface area contributed by atoms with Crippen molar-refractivity contribution < 1.29 is 0 Å². The molecule has 0 atom stereocenters. The Kier molecular flexibility index (Phi) is 2.27. The Bertz CT molecular complexity index is 382. The smallest absolute Gasteiger partial charge is 0.0381 e. The van der Waals surface area contributed by atoms with E-state index in [9.17, 15) is 0 Å². The minimum atomic E-state index is 0.823. The van der Waals surface area contributed by atoms with Crippen LogP contribution in [-0.4, -0.2) is 4.98 Å². The Morgan fingerprint density at radius 3 is 3.00 bits per heavy atom. The lowest BCUT2D eigenvalue weighted by molar-refractivity contribution is 1.18. The van der Waals surface area contributed by atoms with Gasteiger partial charge in [-0.3, -0.25) is 4.98 Å². The van der Waals surface area contributed by atoms with E-state index in [1.807, 2.05) is 18.3 Å². The van der Waals surface area contributed by atoms with Gasteiger partial charge in [0.25, 0.3) is 0 Å². The Balaban J connectivity index is 2.24. The van der Waals surface area contributed by atoms with E-state index in [4.69, 9.17) is 5.73 Å². The maximum atomic E-state index is 5.80. The second-order valence-electron chi connectivity index (χ2n) is 2.83. The van der Waals surface area contributed by atoms with Gasteiger partial charge in [0.2, 0.25) is 0 Å². The molecular formula is C10H10N2S. The summed E-state index contributed by atoms with van der Waals surface area (Å²) in [7, 11) is 0. The van der Waals surface area contributed by atoms with Gasteiger partial charge in [0.05, 0.1) is 0 Å². The van der Waals surface area contributed by atoms with Gasteiger partial charge < -0.3 is 5.73 Å². The number of thiophene rings is 1. The predicted octanol–water partition coefficient (Wildman–Crippen LogP) is 2.32. The average molecular weight is 190 g/mol. The lowest BCUT2D eigenvalue weighted by Gasteiger charge is -2.01. The van der Waals surface area contributed by atoms with Gasteiger partial charge in [-0.15, -0.1) is 11.3 Å². The molecule has 0 spiro atoms. The number of nitrogen functional groups attached to an aromatic ring is 1. The summed E-state index contributed by atoms with van der Waals surface area (Å²) in [5.74, 6) is 0. The highest BCUT2D eigenvalue weighted by atomic mass is 32.1. The third kappa shape index (κ3) is 1.87. The number of anilines is 1. The molecule has 0 unspecified atom stereocenters. The van der Waals surface area contributed by atoms with Crippen LogP contribution in [0.3, 0.4) is 0 Å². The largest absolute Gasteiger partial charge is 0.398 e. The summed E-state index contributed by atoms with van der Waals surface area (Å²) in [6.07, 6.45) is 4.43. The van der Waals surface area contributed by atoms with Gasteiger partial charge in [-0.1, -0.05) is 6.07 Å². The molecule has 0 aliphatic heterocycles. The number of hydrogen-bond acceptors (Lipinski definition) is 3. The first-order chi connectivity index (χ1) is 6.36. The molecule has 13 heavy (non-hydrogen) atoms. The molecular weight excluding hydrogens is 180 g/mol. The number of nitrogens with two attached hydrogens (primary N) is 1. The Morgan fingerprint density at radius 1 is 1.38 bits per heavy atom. The summed E-state index contributed by atoms with van der Waals surface area (Å²) in [6.45, 7) is 0. The molecule has 0 saturated carbocycles. The molecule has 2 rings (SSSR count). The van der Waals surface area contributed by atoms with Crippen LogP contribution in [-0.2, 0) is 6.42 Å². The van der Waals surface area contributed by atoms with Gasteiger partial charge in [-0.05, 0) is 23.1 Å². The van der Waals surface area contributed by atoms with E-state index in [1.165, 1.54) is 4.88 Å². The molecule has 2 aromatic rings. The molecule has 3 heteroatoms. The summed E-state index contributed by atoms with van der Waals surface area (Å²) >= 11 is 1.74. The Hall–Kier alpha value is -1.35. The lowest BCUT2D eigenvalue weighted by atomic mass is 10.1. The summed E-state index contributed by atoms with van der Waals surface area (Å²) in [4.78, 5) is 5.37. The maximum Gasteiger partial charge on any atom is 0.0381 e. The van der Waals surface area contributed by atoms with Crippen molar-refractivity contribution in [2.45, 2.75) is 6.42 Å². The van der Waals surface area contributed by atoms with E-state index in [-0.39, 0.29) is 0 Å². The highest BCUT2D eigenvalue weighted by Gasteiger charge is 2.00. The fourth-order valence-corrected chi connectivity index (χ4v) is 1.91. The minimum absolute atomic E-state index is 0.823. The number of pyridine rings is 1. The number of nitrogens with zero attached hydrogens (tertiary/aromatic N) is 1. The summed E-state index contributed by atoms with van der Waals surface area (Å²) in [5, 5.41) is 2.07. The van der Waals surface area contributed by atoms with Gasteiger partial charge in [0.1, 0.15) is 0 Å². The van der Waals surface area contributed by atoms with Crippen molar-refractivity contribution in [2.24, 2.45) is 0 Å². The highest BCUT2D eigenvalue weighted by Crippen LogP contribution is 2.17. The first-order valence-electron chi connectivity index (χ1n) is 4.07. The second kappa shape index (κ2) is 3.58. The SMILES string of the molecule is Nc1ccncc1Cc1cccs1. The maximum absolute atomic E-state index is 5.80. The third-order valence-electron chi connectivity index (χ3n) is 1.89. The fraction of sp³-hybridized carbons (Fsp3) is 0.100. The van der Waals surface area contributed by atoms with E-state index in [1.54, 1.807) is 17.5 Å². The van der Waals surface area contributed by atoms with E-state index in [0.29, 0.717) is 0 Å². The van der Waals surface area contributed by atoms with E-state index >= 15 is 0 Å². The van der Waals surface area contributed by atoms with Crippen molar-refractivity contribution in [1.82, 2.24) is 4.98 Å². The molecule has 2 nitrogen and oxygen atoms in total. The first-order valence-corrected chi connectivity index (χ1v) is 4.95. The summed E-state index contributed by atoms with van der Waals surface area (Å²) in [5.41, 5.74) is 7.73. The lowest BCUT2D eigenvalue weighted by Crippen LogP contribution is -1.94. The Morgan fingerprint density at radius 2 is 2.31 bits per heavy atom. The van der Waals surface area contributed by atoms with Crippen molar-refractivity contribution >= 4 is 17.0 Å². The van der Waals surface area contributed by atoms with Gasteiger partial charge in [-0.25, -0.2) is 0 Å². The quantitative estimate of drug-likeness (QED) is 0.789. The predicted molar refractivity (Wildman–Crippen MR) is 55.8 cm³/mol. The van der Waals surface area contributed by atoms with Crippen molar-refractivity contribution in [2.75, 3.05) is 5.73 Å². The zero-order chi connectivity index (χ0) is 9.10. The van der Waals surface area contributed by atoms with E-state index in [2.05, 4.69) is 16.4 Å². The first kappa shape index (κ1) is 8.26. The molecule has 0 bridgehead atoms. The average Bonchev–Trinajstić information content (AvgIpc) is 2.61. The van der Waals surface area contributed by atoms with Gasteiger partial charge in [0.15, 0.2) is 0 Å². The molecule has 0 fully saturated rings. The van der Waals surface area contributed by atoms with Crippen LogP contribution < -0.4 is 5.73 Å². The normalized spacial score (nSPS) is 10.2. The summed E-state index contributed by atoms with van der Waals surface area (Å²) < 4.78 is 0. The zero-order valence-electron chi connectivity index (χ0n) is 7.10. The van der Waals surface area contributed by atoms with Gasteiger partial charge in [0, 0.05) is 29.4 Å². The molecule has 2 heterocycles. The summed E-state index contributed by atoms with van der Waals surface area (Å²) in [6, 6.07) is 5.99. The minimum Gasteiger partial charge on any atom is -0.398 e. The van der Waals surface area contributed by atoms with Crippen molar-refractivity contribution in [1.29, 1.82) is 0 Å². The standard InChI is InChI=1S/C10H10N2S/c11-10-3-4-12-7-8(10)6-9-2-1-5-13-9/h1-5,7H,6H2,(H2,11,12). The Labute approximate surface area is 81.1 Å². The molecule has 2 N–H and O–H groups in total. The van der Waals surface area contributed by atoms with Crippen LogP contribution in [0.25, 0.3) is 0 Å². The van der Waals surface area contributed by atoms with Gasteiger partial charge in [-0.2, -0.15) is 0 Å². The number of aromatic nitrogens is 1. The van der Waals surface area contributed by atoms with E-state index in [0.717, 1.165) is 17.7 Å². The molecule has 0 saturated heterocycles. The second-order valence-corrected chi connectivity index (χ2v) is 3.86. The zero-order valence-corrected chi connectivity index (χ0v) is 7.92. The number of rotatable bonds is 2. The third-order valence-corrected chi connectivity index (χ3v) is 2.76. The molecule has 2 aromatic heterocycles. The van der Waals surface area contributed by atoms with Crippen LogP contribution in [0.15, 0.2) is 36.0 Å². The monoisotopic (exact) mass is 190 g/mol. The van der Waals surface area contributed by atoms with Crippen molar-refractivity contribution in [3.05, 3.63) is 46.4 Å². The fourth-order valence-electron chi connectivity index (χ4n) is 1.19. The highest BCUT2D eigenvalue weighted by molar-refractivity contribution is 7.09. The molecule has 0 radical (unpaired) electrons. The van der Waals surface area contributed by atoms with Crippen molar-refractivity contribution in [3.8, 4) is 0 Å². The number of hydrogen-bond donors (Lipinski definition) is 1. The molecule has 0 aliphatic carbocycles. The van der Waals surface area contributed by atoms with Crippen LogP contribution in [0.1, 0.15) is 10.4 Å². The van der Waals surface area contributed by atoms with Crippen LogP contribution in [0.5, 0.6) is 0 Å². The van der Waals surface area contributed by atoms with Crippen LogP contribution in [0.2, 0.25) is 0 Å². The van der Waals surface area contributed by atoms with E-state index < -0.39 is 0 Å². The van der Waals surface area contributed by atoms with Crippen LogP contribution >= 0.6 is 11.3 Å². The molecule has 0 amide bonds. The molecule has 66 valence electrons. The van der Waals surface area contributed by atoms with Crippen LogP contribution in [0.4, 0.5) is 5.69 Å². The molecule has 0 aliphatic rings.